The van der Waals surface area contributed by atoms with Gasteiger partial charge in [-0.15, -0.1) is 0 Å². The fourth-order valence-electron chi connectivity index (χ4n) is 4.71. The topological polar surface area (TPSA) is 58.2 Å². The minimum atomic E-state index is -0.365. The second-order valence-corrected chi connectivity index (χ2v) is 8.49. The number of halogens is 1. The van der Waals surface area contributed by atoms with E-state index in [1.54, 1.807) is 0 Å². The third kappa shape index (κ3) is 4.92. The minimum absolute atomic E-state index is 0.131. The van der Waals surface area contributed by atoms with Crippen LogP contribution in [0.5, 0.6) is 0 Å². The number of amides is 2. The third-order valence-electron chi connectivity index (χ3n) is 5.81. The first-order chi connectivity index (χ1) is 13.4. The Morgan fingerprint density at radius 1 is 1.07 bits per heavy atom. The number of hydrogen-bond donors (Lipinski definition) is 2. The van der Waals surface area contributed by atoms with Gasteiger partial charge in [0.1, 0.15) is 5.82 Å². The number of benzene rings is 1. The Hall–Kier alpha value is -2.35. The number of carbonyl (C=O) groups is 2. The fourth-order valence-corrected chi connectivity index (χ4v) is 4.71. The van der Waals surface area contributed by atoms with Crippen molar-refractivity contribution in [3.63, 3.8) is 0 Å². The van der Waals surface area contributed by atoms with E-state index < -0.39 is 0 Å². The number of fused-ring (bicyclic) bond motifs is 2. The summed E-state index contributed by atoms with van der Waals surface area (Å²) >= 11 is 0. The maximum Gasteiger partial charge on any atom is 0.251 e. The molecule has 2 bridgehead atoms. The van der Waals surface area contributed by atoms with Gasteiger partial charge in [0, 0.05) is 30.5 Å². The van der Waals surface area contributed by atoms with Crippen LogP contribution in [0.25, 0.3) is 0 Å². The number of rotatable bonds is 6. The van der Waals surface area contributed by atoms with E-state index in [2.05, 4.69) is 36.3 Å². The molecule has 4 nitrogen and oxygen atoms in total. The van der Waals surface area contributed by atoms with E-state index in [1.165, 1.54) is 24.3 Å². The molecule has 2 aliphatic carbocycles. The molecule has 0 aliphatic heterocycles. The average Bonchev–Trinajstić information content (AvgIpc) is 2.77. The molecule has 0 saturated heterocycles. The van der Waals surface area contributed by atoms with Gasteiger partial charge in [-0.1, -0.05) is 25.7 Å². The molecule has 3 rings (SSSR count). The quantitative estimate of drug-likeness (QED) is 0.582. The molecule has 1 fully saturated rings. The Morgan fingerprint density at radius 3 is 2.54 bits per heavy atom. The summed E-state index contributed by atoms with van der Waals surface area (Å²) in [7, 11) is 0. The van der Waals surface area contributed by atoms with E-state index in [0.717, 1.165) is 25.7 Å². The SMILES string of the molecule is CC1C#CC2CC(C)CC(C(=O)NCCCNC(=O)c3ccc(F)cc3)(C1)C2. The van der Waals surface area contributed by atoms with Crippen LogP contribution in [-0.4, -0.2) is 24.9 Å². The predicted octanol–water partition coefficient (Wildman–Crippen LogP) is 3.53. The van der Waals surface area contributed by atoms with E-state index in [-0.39, 0.29) is 29.0 Å². The summed E-state index contributed by atoms with van der Waals surface area (Å²) in [5, 5.41) is 5.90. The molecule has 2 amide bonds. The van der Waals surface area contributed by atoms with Crippen LogP contribution in [0.4, 0.5) is 4.39 Å². The van der Waals surface area contributed by atoms with E-state index in [0.29, 0.717) is 36.9 Å². The lowest BCUT2D eigenvalue weighted by atomic mass is 9.63. The summed E-state index contributed by atoms with van der Waals surface area (Å²) in [6.07, 6.45) is 4.35. The zero-order valence-corrected chi connectivity index (χ0v) is 16.7. The lowest BCUT2D eigenvalue weighted by Gasteiger charge is -2.41. The van der Waals surface area contributed by atoms with Crippen molar-refractivity contribution in [1.82, 2.24) is 10.6 Å². The monoisotopic (exact) mass is 384 g/mol. The molecule has 0 heterocycles. The van der Waals surface area contributed by atoms with E-state index in [9.17, 15) is 14.0 Å². The molecule has 28 heavy (non-hydrogen) atoms. The van der Waals surface area contributed by atoms with Crippen LogP contribution in [0.15, 0.2) is 24.3 Å². The van der Waals surface area contributed by atoms with Gasteiger partial charge < -0.3 is 10.6 Å². The zero-order chi connectivity index (χ0) is 20.1. The molecule has 0 aromatic heterocycles. The molecule has 4 atom stereocenters. The van der Waals surface area contributed by atoms with E-state index in [1.807, 2.05) is 0 Å². The van der Waals surface area contributed by atoms with Gasteiger partial charge in [0.25, 0.3) is 5.91 Å². The van der Waals surface area contributed by atoms with Gasteiger partial charge in [-0.05, 0) is 62.3 Å². The van der Waals surface area contributed by atoms with Gasteiger partial charge >= 0.3 is 0 Å². The molecule has 1 aromatic carbocycles. The molecular formula is C23H29FN2O2. The smallest absolute Gasteiger partial charge is 0.251 e. The molecule has 4 unspecified atom stereocenters. The standard InChI is InChI=1S/C23H29FN2O2/c1-16-4-5-18-12-17(2)14-23(13-16,15-18)22(28)26-11-3-10-25-21(27)19-6-8-20(24)9-7-19/h6-9,16-18H,3,10-15H2,1-2H3,(H,25,27)(H,26,28). The number of nitrogens with one attached hydrogen (secondary N) is 2. The third-order valence-corrected chi connectivity index (χ3v) is 5.81. The molecule has 0 spiro atoms. The van der Waals surface area contributed by atoms with Gasteiger partial charge in [-0.3, -0.25) is 9.59 Å². The van der Waals surface area contributed by atoms with Crippen molar-refractivity contribution in [3.05, 3.63) is 35.6 Å². The van der Waals surface area contributed by atoms with E-state index >= 15 is 0 Å². The van der Waals surface area contributed by atoms with Crippen LogP contribution >= 0.6 is 0 Å². The summed E-state index contributed by atoms with van der Waals surface area (Å²) < 4.78 is 12.9. The van der Waals surface area contributed by atoms with Crippen molar-refractivity contribution in [3.8, 4) is 11.8 Å². The summed E-state index contributed by atoms with van der Waals surface area (Å²) in [5.41, 5.74) is 0.106. The zero-order valence-electron chi connectivity index (χ0n) is 16.7. The maximum absolute atomic E-state index is 13.0. The van der Waals surface area contributed by atoms with Gasteiger partial charge in [0.2, 0.25) is 5.91 Å². The highest BCUT2D eigenvalue weighted by Gasteiger charge is 2.46. The molecule has 0 radical (unpaired) electrons. The van der Waals surface area contributed by atoms with Crippen molar-refractivity contribution in [2.75, 3.05) is 13.1 Å². The molecule has 1 aromatic rings. The fraction of sp³-hybridized carbons (Fsp3) is 0.565. The maximum atomic E-state index is 13.0. The number of carbonyl (C=O) groups excluding carboxylic acids is 2. The Bertz CT molecular complexity index is 776. The Kier molecular flexibility index (Phi) is 6.39. The number of hydrogen-bond acceptors (Lipinski definition) is 2. The summed E-state index contributed by atoms with van der Waals surface area (Å²) in [5.74, 6) is 7.32. The van der Waals surface area contributed by atoms with Crippen molar-refractivity contribution in [1.29, 1.82) is 0 Å². The van der Waals surface area contributed by atoms with Crippen molar-refractivity contribution < 1.29 is 14.0 Å². The van der Waals surface area contributed by atoms with Crippen LogP contribution in [-0.2, 0) is 4.79 Å². The Balaban J connectivity index is 1.46. The van der Waals surface area contributed by atoms with Crippen LogP contribution < -0.4 is 10.6 Å². The highest BCUT2D eigenvalue weighted by Crippen LogP contribution is 2.47. The molecule has 2 N–H and O–H groups in total. The normalized spacial score (nSPS) is 28.5. The molecule has 1 saturated carbocycles. The van der Waals surface area contributed by atoms with Gasteiger partial charge in [0.05, 0.1) is 5.41 Å². The van der Waals surface area contributed by atoms with Gasteiger partial charge in [-0.2, -0.15) is 0 Å². The predicted molar refractivity (Wildman–Crippen MR) is 107 cm³/mol. The summed E-state index contributed by atoms with van der Waals surface area (Å²) in [6.45, 7) is 5.32. The van der Waals surface area contributed by atoms with Crippen LogP contribution in [0, 0.1) is 40.8 Å². The first-order valence-corrected chi connectivity index (χ1v) is 10.2. The van der Waals surface area contributed by atoms with Crippen LogP contribution in [0.2, 0.25) is 0 Å². The van der Waals surface area contributed by atoms with Gasteiger partial charge in [0.15, 0.2) is 0 Å². The molecule has 2 aliphatic rings. The largest absolute Gasteiger partial charge is 0.356 e. The van der Waals surface area contributed by atoms with Crippen molar-refractivity contribution in [2.24, 2.45) is 23.2 Å². The van der Waals surface area contributed by atoms with Crippen LogP contribution in [0.3, 0.4) is 0 Å². The average molecular weight is 384 g/mol. The Morgan fingerprint density at radius 2 is 1.79 bits per heavy atom. The Labute approximate surface area is 166 Å². The van der Waals surface area contributed by atoms with Gasteiger partial charge in [-0.25, -0.2) is 4.39 Å². The second kappa shape index (κ2) is 8.77. The first kappa shape index (κ1) is 20.4. The molecular weight excluding hydrogens is 355 g/mol. The highest BCUT2D eigenvalue weighted by atomic mass is 19.1. The lowest BCUT2D eigenvalue weighted by Crippen LogP contribution is -2.46. The first-order valence-electron chi connectivity index (χ1n) is 10.2. The lowest BCUT2D eigenvalue weighted by molar-refractivity contribution is -0.135. The van der Waals surface area contributed by atoms with E-state index in [4.69, 9.17) is 0 Å². The van der Waals surface area contributed by atoms with Crippen LogP contribution in [0.1, 0.15) is 56.3 Å². The van der Waals surface area contributed by atoms with Crippen molar-refractivity contribution in [2.45, 2.75) is 46.0 Å². The van der Waals surface area contributed by atoms with Crippen molar-refractivity contribution >= 4 is 11.8 Å². The summed E-state index contributed by atoms with van der Waals surface area (Å²) in [4.78, 5) is 25.1. The molecule has 5 heteroatoms. The minimum Gasteiger partial charge on any atom is -0.356 e. The highest BCUT2D eigenvalue weighted by molar-refractivity contribution is 5.94. The summed E-state index contributed by atoms with van der Waals surface area (Å²) in [6, 6.07) is 5.46. The molecule has 150 valence electrons. The second-order valence-electron chi connectivity index (χ2n) is 8.49.